The normalized spacial score (nSPS) is 10.2. The Morgan fingerprint density at radius 3 is 1.29 bits per heavy atom. The van der Waals surface area contributed by atoms with Gasteiger partial charge in [0.1, 0.15) is 67.9 Å². The van der Waals surface area contributed by atoms with E-state index >= 15 is 0 Å². The molecule has 0 aliphatic heterocycles. The predicted molar refractivity (Wildman–Crippen MR) is 473 cm³/mol. The summed E-state index contributed by atoms with van der Waals surface area (Å²) < 4.78 is 44.6. The van der Waals surface area contributed by atoms with E-state index in [2.05, 4.69) is 118 Å². The number of aryl methyl sites for hydroxylation is 1. The van der Waals surface area contributed by atoms with Crippen LogP contribution in [0, 0.1) is 0 Å². The summed E-state index contributed by atoms with van der Waals surface area (Å²) in [6, 6.07) is 44.1. The molecule has 0 bridgehead atoms. The summed E-state index contributed by atoms with van der Waals surface area (Å²) >= 11 is 15.8. The molecule has 6 N–H and O–H groups in total. The number of aromatic carboxylic acids is 1. The Hall–Kier alpha value is -13.6. The van der Waals surface area contributed by atoms with Gasteiger partial charge in [0, 0.05) is 163 Å². The second-order valence-electron chi connectivity index (χ2n) is 25.1. The number of esters is 1. The number of carboxylic acid groups (broad SMARTS) is 1. The van der Waals surface area contributed by atoms with Crippen molar-refractivity contribution in [2.45, 2.75) is 32.7 Å². The molecule has 0 saturated carbocycles. The molecule has 0 fully saturated rings. The number of benzene rings is 6. The molecule has 0 spiro atoms. The molecule has 15 aromatic rings. The SMILES string of the molecule is COC(=O)c1cncc2cn(Cc3ccc(OC)cc3)nc12.COc1ccc(CN)cc1.COc1ccc(CN=Cc2cncc(Br)c2N=[N+]=[N-])cc1.COc1ccc(Cl)cc1-c1nn(C)cc1N.COc1ccc(Cn2cc3cncc(Br)c3n2)cc1.COc1ccc(Cn2cc3cncc(C(=O)O)c3n2)cc1.[Li+].[N-]=[N+]=Nc1c(Br)cncc1C=O.[OH-]. The minimum absolute atomic E-state index is 0. The number of nitrogen functional groups attached to an aromatic ring is 1. The quantitative estimate of drug-likeness (QED) is 0.0108. The van der Waals surface area contributed by atoms with Gasteiger partial charge in [0.25, 0.3) is 0 Å². The van der Waals surface area contributed by atoms with Crippen molar-refractivity contribution in [3.05, 3.63) is 316 Å². The van der Waals surface area contributed by atoms with Gasteiger partial charge in [-0.1, -0.05) is 82.5 Å². The third-order valence-electron chi connectivity index (χ3n) is 17.0. The fraction of sp³-hybridized carbons (Fsp3) is 0.155. The Bertz CT molecular complexity index is 6100. The Balaban J connectivity index is 0.000000199. The first kappa shape index (κ1) is 96.6. The van der Waals surface area contributed by atoms with Crippen molar-refractivity contribution in [2.75, 3.05) is 55.5 Å². The molecule has 626 valence electrons. The molecule has 0 atom stereocenters. The molecule has 0 amide bonds. The Morgan fingerprint density at radius 2 is 0.894 bits per heavy atom. The van der Waals surface area contributed by atoms with E-state index in [1.807, 2.05) is 152 Å². The number of pyridine rings is 5. The molecular weight excluding hydrogens is 1790 g/mol. The third-order valence-corrected chi connectivity index (χ3v) is 19.0. The van der Waals surface area contributed by atoms with Gasteiger partial charge in [-0.15, -0.1) is 0 Å². The number of anilines is 1. The number of ether oxygens (including phenoxy) is 7. The number of halogens is 4. The fourth-order valence-electron chi connectivity index (χ4n) is 11.1. The van der Waals surface area contributed by atoms with Gasteiger partial charge in [-0.25, -0.2) is 9.59 Å². The van der Waals surface area contributed by atoms with Crippen LogP contribution in [0.3, 0.4) is 0 Å². The Labute approximate surface area is 746 Å². The van der Waals surface area contributed by atoms with Gasteiger partial charge in [0.2, 0.25) is 0 Å². The van der Waals surface area contributed by atoms with Crippen molar-refractivity contribution in [3.63, 3.8) is 0 Å². The summed E-state index contributed by atoms with van der Waals surface area (Å²) in [7, 11) is 13.0. The van der Waals surface area contributed by atoms with Gasteiger partial charge in [-0.05, 0) is 166 Å². The monoisotopic (exact) mass is 1870 g/mol. The smallest absolute Gasteiger partial charge is 0.870 e. The molecule has 0 saturated heterocycles. The summed E-state index contributed by atoms with van der Waals surface area (Å²) in [6.45, 7) is 2.98. The first-order valence-electron chi connectivity index (χ1n) is 35.9. The standard InChI is InChI=1S/C16H15N3O3.C15H13N3O3.C14H12BrN5O.C14H12BrN3O.C11H12ClN3O.C8H11NO.C6H3BrN4O.Li.H2O/c1-21-13-5-3-11(4-6-13)9-19-10-12-7-17-8-14(15(12)18-19)16(20)22-2;1-21-12-4-2-10(3-5-12)8-18-9-11-6-16-7-13(15(19)20)14(11)17-18;1-21-12-4-2-10(3-5-12)6-17-7-11-8-18-9-13(15)14(11)19-20-16;1-19-12-4-2-10(3-5-12)8-18-9-11-6-16-7-13(15)14(11)17-18;1-15-6-9(13)11(14-15)8-5-7(12)3-4-10(8)16-2;1-10-8-4-2-7(6-9)3-5-8;7-5-2-9-1-4(3-12)6(5)10-11-8;;/h3-8,10H,9H2,1-2H3;2-7,9H,8H2,1H3,(H,19,20);2-5,7-9H,6H2,1H3;2-7,9H,8H2,1H3;3-6H,13H2,1-2H3;2-5H,6,9H2,1H3;1-3H;;1H2/q;;;;;;;+1;/p-1. The molecule has 9 aromatic heterocycles. The molecule has 34 nitrogen and oxygen atoms in total. The number of carboxylic acids is 1. The van der Waals surface area contributed by atoms with E-state index in [1.165, 1.54) is 37.5 Å². The second-order valence-corrected chi connectivity index (χ2v) is 28.1. The number of nitrogens with two attached hydrogens (primary N) is 2. The van der Waals surface area contributed by atoms with Crippen LogP contribution in [0.15, 0.2) is 255 Å². The summed E-state index contributed by atoms with van der Waals surface area (Å²) in [4.78, 5) is 62.9. The number of aldehydes is 1. The first-order chi connectivity index (χ1) is 58.6. The van der Waals surface area contributed by atoms with E-state index < -0.39 is 11.9 Å². The molecule has 0 unspecified atom stereocenters. The number of hydrogen-bond acceptors (Lipinski definition) is 25. The van der Waals surface area contributed by atoms with Crippen LogP contribution in [0.1, 0.15) is 64.5 Å². The van der Waals surface area contributed by atoms with Crippen LogP contribution in [0.25, 0.3) is 64.9 Å². The van der Waals surface area contributed by atoms with Crippen LogP contribution in [0.2, 0.25) is 5.02 Å². The molecule has 6 aromatic carbocycles. The van der Waals surface area contributed by atoms with Crippen LogP contribution in [-0.4, -0.2) is 149 Å². The number of fused-ring (bicyclic) bond motifs is 3. The van der Waals surface area contributed by atoms with Gasteiger partial charge in [-0.3, -0.25) is 53.4 Å². The van der Waals surface area contributed by atoms with Crippen LogP contribution in [-0.2, 0) is 44.5 Å². The van der Waals surface area contributed by atoms with Crippen molar-refractivity contribution in [2.24, 2.45) is 28.0 Å². The summed E-state index contributed by atoms with van der Waals surface area (Å²) in [5, 5.41) is 36.9. The molecule has 0 radical (unpaired) electrons. The molecule has 0 aliphatic rings. The van der Waals surface area contributed by atoms with E-state index in [0.717, 1.165) is 83.9 Å². The maximum atomic E-state index is 11.7. The van der Waals surface area contributed by atoms with Gasteiger partial charge in [0.05, 0.1) is 97.5 Å². The number of azide groups is 2. The minimum atomic E-state index is -1.03. The van der Waals surface area contributed by atoms with Crippen LogP contribution in [0.4, 0.5) is 17.1 Å². The zero-order valence-electron chi connectivity index (χ0n) is 67.6. The first-order valence-corrected chi connectivity index (χ1v) is 38.6. The van der Waals surface area contributed by atoms with Crippen LogP contribution in [0.5, 0.6) is 34.5 Å². The number of methoxy groups -OCH3 is 7. The minimum Gasteiger partial charge on any atom is -0.870 e. The second kappa shape index (κ2) is 49.2. The summed E-state index contributed by atoms with van der Waals surface area (Å²) in [5.74, 6) is 3.39. The molecule has 0 aliphatic carbocycles. The van der Waals surface area contributed by atoms with E-state index in [4.69, 9.17) is 72.4 Å². The number of aromatic nitrogens is 13. The molecular formula is C84H79Br3ClLiN22O12. The van der Waals surface area contributed by atoms with E-state index in [9.17, 15) is 14.4 Å². The Morgan fingerprint density at radius 1 is 0.504 bits per heavy atom. The molecule has 39 heteroatoms. The van der Waals surface area contributed by atoms with Crippen molar-refractivity contribution in [3.8, 4) is 45.8 Å². The maximum absolute atomic E-state index is 11.7. The van der Waals surface area contributed by atoms with Gasteiger partial charge in [0.15, 0.2) is 6.29 Å². The van der Waals surface area contributed by atoms with Crippen molar-refractivity contribution < 1.29 is 77.0 Å². The van der Waals surface area contributed by atoms with Crippen LogP contribution >= 0.6 is 59.4 Å². The maximum Gasteiger partial charge on any atom is 1.00 e. The largest absolute Gasteiger partial charge is 1.00 e. The number of carbonyl (C=O) groups is 3. The molecule has 123 heavy (non-hydrogen) atoms. The number of carbonyl (C=O) groups excluding carboxylic acids is 2. The van der Waals surface area contributed by atoms with E-state index in [0.29, 0.717) is 96.8 Å². The zero-order chi connectivity index (χ0) is 86.7. The average Bonchev–Trinajstić information content (AvgIpc) is 1.67. The van der Waals surface area contributed by atoms with Gasteiger partial charge < -0.3 is 55.2 Å². The van der Waals surface area contributed by atoms with Gasteiger partial charge >= 0.3 is 30.8 Å². The third kappa shape index (κ3) is 28.0. The molecule has 15 rings (SSSR count). The Kier molecular flexibility index (Phi) is 38.7. The summed E-state index contributed by atoms with van der Waals surface area (Å²) in [5.41, 5.74) is 39.7. The fourth-order valence-corrected chi connectivity index (χ4v) is 12.5. The van der Waals surface area contributed by atoms with Crippen molar-refractivity contribution in [1.82, 2.24) is 64.0 Å². The average molecular weight is 1870 g/mol. The van der Waals surface area contributed by atoms with Gasteiger partial charge in [-0.2, -0.15) is 20.4 Å². The van der Waals surface area contributed by atoms with E-state index in [1.54, 1.807) is 124 Å². The number of aliphatic imine (C=N–C) groups is 1. The molecule has 9 heterocycles. The number of hydrogen-bond donors (Lipinski definition) is 3. The van der Waals surface area contributed by atoms with Crippen molar-refractivity contribution in [1.29, 1.82) is 0 Å². The summed E-state index contributed by atoms with van der Waals surface area (Å²) in [6.07, 6.45) is 25.2. The predicted octanol–water partition coefficient (Wildman–Crippen LogP) is 15.0. The van der Waals surface area contributed by atoms with Crippen molar-refractivity contribution >= 4 is 134 Å². The van der Waals surface area contributed by atoms with E-state index in [-0.39, 0.29) is 41.2 Å². The number of rotatable bonds is 22. The number of nitrogens with zero attached hydrogens (tertiary/aromatic N) is 20. The zero-order valence-corrected chi connectivity index (χ0v) is 73.2. The topological polar surface area (TPSA) is 464 Å². The van der Waals surface area contributed by atoms with Crippen LogP contribution < -0.4 is 58.7 Å².